The van der Waals surface area contributed by atoms with Crippen LogP contribution in [0.5, 0.6) is 5.75 Å². The zero-order valence-corrected chi connectivity index (χ0v) is 17.8. The number of nitrogens with one attached hydrogen (secondary N) is 2. The summed E-state index contributed by atoms with van der Waals surface area (Å²) in [6.45, 7) is 4.51. The van der Waals surface area contributed by atoms with Crippen LogP contribution >= 0.6 is 0 Å². The standard InChI is InChI=1S/C22H27N3O3S/c1-4-6-13-24-22-15-20(28-3)11-12-21(22)18(16-23)14-17-7-9-19(10-8-17)25-29(26,27)5-2/h7-12,14-15,24-25H,4-6,13H2,1-3H3/b18-14+. The van der Waals surface area contributed by atoms with Gasteiger partial charge in [-0.25, -0.2) is 8.42 Å². The smallest absolute Gasteiger partial charge is 0.232 e. The minimum absolute atomic E-state index is 0.0124. The topological polar surface area (TPSA) is 91.2 Å². The van der Waals surface area contributed by atoms with Crippen LogP contribution in [-0.4, -0.2) is 27.8 Å². The lowest BCUT2D eigenvalue weighted by Gasteiger charge is -2.13. The Bertz CT molecular complexity index is 991. The molecule has 0 aliphatic carbocycles. The summed E-state index contributed by atoms with van der Waals surface area (Å²) in [5.74, 6) is 0.732. The average Bonchev–Trinajstić information content (AvgIpc) is 2.73. The van der Waals surface area contributed by atoms with Crippen LogP contribution in [0.15, 0.2) is 42.5 Å². The highest BCUT2D eigenvalue weighted by molar-refractivity contribution is 7.92. The van der Waals surface area contributed by atoms with Gasteiger partial charge in [-0.1, -0.05) is 25.5 Å². The van der Waals surface area contributed by atoms with Gasteiger partial charge in [0.25, 0.3) is 0 Å². The molecule has 0 spiro atoms. The first-order valence-electron chi connectivity index (χ1n) is 9.57. The molecule has 2 aromatic rings. The quantitative estimate of drug-likeness (QED) is 0.334. The third-order valence-corrected chi connectivity index (χ3v) is 5.67. The van der Waals surface area contributed by atoms with Gasteiger partial charge in [0.05, 0.1) is 24.5 Å². The summed E-state index contributed by atoms with van der Waals surface area (Å²) >= 11 is 0. The van der Waals surface area contributed by atoms with Crippen molar-refractivity contribution < 1.29 is 13.2 Å². The molecular formula is C22H27N3O3S. The number of anilines is 2. The van der Waals surface area contributed by atoms with Gasteiger partial charge in [-0.3, -0.25) is 4.72 Å². The molecule has 0 bridgehead atoms. The van der Waals surface area contributed by atoms with Crippen molar-refractivity contribution in [3.63, 3.8) is 0 Å². The fourth-order valence-corrected chi connectivity index (χ4v) is 3.31. The summed E-state index contributed by atoms with van der Waals surface area (Å²) in [6, 6.07) is 14.8. The van der Waals surface area contributed by atoms with Crippen LogP contribution in [0, 0.1) is 11.3 Å². The van der Waals surface area contributed by atoms with Crippen molar-refractivity contribution in [2.75, 3.05) is 29.4 Å². The van der Waals surface area contributed by atoms with Crippen LogP contribution < -0.4 is 14.8 Å². The first-order chi connectivity index (χ1) is 13.9. The number of rotatable bonds is 10. The molecule has 2 rings (SSSR count). The molecule has 0 aliphatic rings. The van der Waals surface area contributed by atoms with Crippen LogP contribution in [0.2, 0.25) is 0 Å². The van der Waals surface area contributed by atoms with Gasteiger partial charge in [0.15, 0.2) is 0 Å². The Hall–Kier alpha value is -2.98. The van der Waals surface area contributed by atoms with Crippen LogP contribution in [0.4, 0.5) is 11.4 Å². The molecule has 0 heterocycles. The number of allylic oxidation sites excluding steroid dienone is 1. The largest absolute Gasteiger partial charge is 0.497 e. The highest BCUT2D eigenvalue weighted by Gasteiger charge is 2.10. The van der Waals surface area contributed by atoms with Gasteiger partial charge in [0.1, 0.15) is 5.75 Å². The normalized spacial score (nSPS) is 11.6. The lowest BCUT2D eigenvalue weighted by Crippen LogP contribution is -2.14. The molecule has 0 aromatic heterocycles. The number of nitriles is 1. The number of sulfonamides is 1. The van der Waals surface area contributed by atoms with Crippen molar-refractivity contribution >= 4 is 33.0 Å². The third kappa shape index (κ3) is 6.54. The summed E-state index contributed by atoms with van der Waals surface area (Å²) in [5.41, 5.74) is 3.44. The van der Waals surface area contributed by atoms with Crippen molar-refractivity contribution in [2.24, 2.45) is 0 Å². The number of benzene rings is 2. The lowest BCUT2D eigenvalue weighted by atomic mass is 10.0. The van der Waals surface area contributed by atoms with E-state index in [9.17, 15) is 13.7 Å². The minimum atomic E-state index is -3.32. The van der Waals surface area contributed by atoms with E-state index in [1.165, 1.54) is 0 Å². The molecule has 0 unspecified atom stereocenters. The molecule has 0 amide bonds. The second-order valence-electron chi connectivity index (χ2n) is 6.49. The maximum Gasteiger partial charge on any atom is 0.232 e. The van der Waals surface area contributed by atoms with Crippen LogP contribution in [-0.2, 0) is 10.0 Å². The highest BCUT2D eigenvalue weighted by atomic mass is 32.2. The van der Waals surface area contributed by atoms with E-state index in [0.717, 1.165) is 42.0 Å². The molecule has 2 aromatic carbocycles. The van der Waals surface area contributed by atoms with Crippen LogP contribution in [0.3, 0.4) is 0 Å². The number of hydrogen-bond acceptors (Lipinski definition) is 5. The van der Waals surface area contributed by atoms with Crippen molar-refractivity contribution in [1.82, 2.24) is 0 Å². The second kappa shape index (κ2) is 10.5. The minimum Gasteiger partial charge on any atom is -0.497 e. The number of methoxy groups -OCH3 is 1. The predicted octanol–water partition coefficient (Wildman–Crippen LogP) is 4.73. The van der Waals surface area contributed by atoms with Gasteiger partial charge in [0, 0.05) is 29.5 Å². The van der Waals surface area contributed by atoms with Crippen molar-refractivity contribution in [3.05, 3.63) is 53.6 Å². The number of unbranched alkanes of at least 4 members (excludes halogenated alkanes) is 1. The Morgan fingerprint density at radius 2 is 1.90 bits per heavy atom. The monoisotopic (exact) mass is 413 g/mol. The van der Waals surface area contributed by atoms with Crippen molar-refractivity contribution in [1.29, 1.82) is 5.26 Å². The zero-order valence-electron chi connectivity index (χ0n) is 17.0. The van der Waals surface area contributed by atoms with E-state index in [2.05, 4.69) is 23.0 Å². The van der Waals surface area contributed by atoms with E-state index in [4.69, 9.17) is 4.74 Å². The van der Waals surface area contributed by atoms with Crippen molar-refractivity contribution in [2.45, 2.75) is 26.7 Å². The summed E-state index contributed by atoms with van der Waals surface area (Å²) in [7, 11) is -1.71. The molecule has 0 saturated carbocycles. The molecule has 0 atom stereocenters. The van der Waals surface area contributed by atoms with E-state index in [-0.39, 0.29) is 5.75 Å². The van der Waals surface area contributed by atoms with Gasteiger partial charge in [-0.2, -0.15) is 5.26 Å². The maximum atomic E-state index is 11.7. The van der Waals surface area contributed by atoms with Crippen molar-refractivity contribution in [3.8, 4) is 11.8 Å². The van der Waals surface area contributed by atoms with Gasteiger partial charge in [-0.05, 0) is 49.2 Å². The molecule has 0 radical (unpaired) electrons. The first-order valence-corrected chi connectivity index (χ1v) is 11.2. The average molecular weight is 414 g/mol. The van der Waals surface area contributed by atoms with E-state index in [1.807, 2.05) is 18.2 Å². The Kier molecular flexibility index (Phi) is 8.10. The fraction of sp³-hybridized carbons (Fsp3) is 0.318. The summed E-state index contributed by atoms with van der Waals surface area (Å²) < 4.78 is 31.2. The molecule has 7 heteroatoms. The van der Waals surface area contributed by atoms with E-state index in [0.29, 0.717) is 11.3 Å². The van der Waals surface area contributed by atoms with E-state index in [1.54, 1.807) is 44.4 Å². The third-order valence-electron chi connectivity index (χ3n) is 4.36. The molecule has 154 valence electrons. The Morgan fingerprint density at radius 1 is 1.17 bits per heavy atom. The Morgan fingerprint density at radius 3 is 2.48 bits per heavy atom. The summed E-state index contributed by atoms with van der Waals surface area (Å²) in [6.07, 6.45) is 3.88. The SMILES string of the molecule is CCCCNc1cc(OC)ccc1/C(C#N)=C/c1ccc(NS(=O)(=O)CC)cc1. The zero-order chi connectivity index (χ0) is 21.3. The van der Waals surface area contributed by atoms with Gasteiger partial charge in [0.2, 0.25) is 10.0 Å². The first kappa shape index (κ1) is 22.3. The van der Waals surface area contributed by atoms with Gasteiger partial charge < -0.3 is 10.1 Å². The summed E-state index contributed by atoms with van der Waals surface area (Å²) in [4.78, 5) is 0. The van der Waals surface area contributed by atoms with Crippen LogP contribution in [0.1, 0.15) is 37.8 Å². The molecule has 6 nitrogen and oxygen atoms in total. The predicted molar refractivity (Wildman–Crippen MR) is 119 cm³/mol. The molecule has 0 fully saturated rings. The second-order valence-corrected chi connectivity index (χ2v) is 8.50. The molecule has 2 N–H and O–H groups in total. The van der Waals surface area contributed by atoms with E-state index < -0.39 is 10.0 Å². The lowest BCUT2D eigenvalue weighted by molar-refractivity contribution is 0.415. The van der Waals surface area contributed by atoms with Gasteiger partial charge >= 0.3 is 0 Å². The Balaban J connectivity index is 2.32. The maximum absolute atomic E-state index is 11.7. The summed E-state index contributed by atoms with van der Waals surface area (Å²) in [5, 5.41) is 13.1. The number of ether oxygens (including phenoxy) is 1. The molecule has 0 aliphatic heterocycles. The Labute approximate surface area is 173 Å². The molecular weight excluding hydrogens is 386 g/mol. The van der Waals surface area contributed by atoms with Crippen LogP contribution in [0.25, 0.3) is 11.6 Å². The molecule has 29 heavy (non-hydrogen) atoms. The number of hydrogen-bond donors (Lipinski definition) is 2. The molecule has 0 saturated heterocycles. The number of nitrogens with zero attached hydrogens (tertiary/aromatic N) is 1. The van der Waals surface area contributed by atoms with Gasteiger partial charge in [-0.15, -0.1) is 0 Å². The highest BCUT2D eigenvalue weighted by Crippen LogP contribution is 2.30. The fourth-order valence-electron chi connectivity index (χ4n) is 2.67. The van der Waals surface area contributed by atoms with E-state index >= 15 is 0 Å².